The molecule has 2 aromatic heterocycles. The van der Waals surface area contributed by atoms with Gasteiger partial charge in [-0.15, -0.1) is 0 Å². The van der Waals surface area contributed by atoms with E-state index in [1.807, 2.05) is 0 Å². The fourth-order valence-electron chi connectivity index (χ4n) is 2.24. The van der Waals surface area contributed by atoms with E-state index in [2.05, 4.69) is 10.1 Å². The van der Waals surface area contributed by atoms with E-state index in [1.165, 1.54) is 6.07 Å². The van der Waals surface area contributed by atoms with E-state index < -0.39 is 17.5 Å². The minimum absolute atomic E-state index is 0.190. The van der Waals surface area contributed by atoms with Gasteiger partial charge >= 0.3 is 6.09 Å². The van der Waals surface area contributed by atoms with Crippen LogP contribution in [0, 0.1) is 5.82 Å². The van der Waals surface area contributed by atoms with Gasteiger partial charge in [0.1, 0.15) is 11.4 Å². The molecule has 0 amide bonds. The maximum absolute atomic E-state index is 13.2. The van der Waals surface area contributed by atoms with E-state index in [9.17, 15) is 9.18 Å². The smallest absolute Gasteiger partial charge is 0.435 e. The maximum atomic E-state index is 13.2. The van der Waals surface area contributed by atoms with Crippen LogP contribution in [0.4, 0.5) is 9.18 Å². The predicted octanol–water partition coefficient (Wildman–Crippen LogP) is 4.40. The lowest BCUT2D eigenvalue weighted by molar-refractivity contribution is 0.0514. The first-order valence-electron chi connectivity index (χ1n) is 7.39. The van der Waals surface area contributed by atoms with Crippen LogP contribution < -0.4 is 0 Å². The highest BCUT2D eigenvalue weighted by Gasteiger charge is 2.32. The molecule has 1 aliphatic rings. The van der Waals surface area contributed by atoms with E-state index in [-0.39, 0.29) is 10.9 Å². The summed E-state index contributed by atoms with van der Waals surface area (Å²) in [5.41, 5.74) is 1.19. The molecule has 0 atom stereocenters. The van der Waals surface area contributed by atoms with Gasteiger partial charge in [0, 0.05) is 17.7 Å². The van der Waals surface area contributed by atoms with Crippen LogP contribution in [0.2, 0.25) is 5.02 Å². The number of hydrogen-bond donors (Lipinski definition) is 0. The molecule has 5 nitrogen and oxygen atoms in total. The highest BCUT2D eigenvalue weighted by Crippen LogP contribution is 2.44. The van der Waals surface area contributed by atoms with Crippen LogP contribution in [0.15, 0.2) is 18.5 Å². The number of pyridine rings is 1. The van der Waals surface area contributed by atoms with Crippen LogP contribution >= 0.6 is 11.6 Å². The Morgan fingerprint density at radius 3 is 2.70 bits per heavy atom. The van der Waals surface area contributed by atoms with Crippen molar-refractivity contribution in [1.29, 1.82) is 0 Å². The first-order valence-corrected chi connectivity index (χ1v) is 7.77. The SMILES string of the molecule is CC(C)(C)OC(=O)n1cc(-c2ncc(F)cc2Cl)c(C2CC2)n1. The van der Waals surface area contributed by atoms with Crippen molar-refractivity contribution in [2.45, 2.75) is 45.1 Å². The molecule has 0 bridgehead atoms. The average Bonchev–Trinajstić information content (AvgIpc) is 3.16. The Bertz CT molecular complexity index is 763. The van der Waals surface area contributed by atoms with Gasteiger partial charge in [-0.25, -0.2) is 9.18 Å². The molecule has 0 saturated heterocycles. The summed E-state index contributed by atoms with van der Waals surface area (Å²) in [7, 11) is 0. The predicted molar refractivity (Wildman–Crippen MR) is 84.0 cm³/mol. The van der Waals surface area contributed by atoms with Crippen LogP contribution in [0.1, 0.15) is 45.2 Å². The second-order valence-corrected chi connectivity index (χ2v) is 7.02. The Balaban J connectivity index is 2.01. The largest absolute Gasteiger partial charge is 0.442 e. The quantitative estimate of drug-likeness (QED) is 0.815. The summed E-state index contributed by atoms with van der Waals surface area (Å²) in [5.74, 6) is -0.233. The first-order chi connectivity index (χ1) is 10.7. The van der Waals surface area contributed by atoms with Gasteiger partial charge in [-0.1, -0.05) is 11.6 Å². The molecular weight excluding hydrogens is 321 g/mol. The second kappa shape index (κ2) is 5.60. The summed E-state index contributed by atoms with van der Waals surface area (Å²) in [6.07, 6.45) is 4.08. The minimum Gasteiger partial charge on any atom is -0.442 e. The van der Waals surface area contributed by atoms with Crippen LogP contribution in [0.3, 0.4) is 0 Å². The molecule has 1 aliphatic carbocycles. The molecule has 0 aromatic carbocycles. The van der Waals surface area contributed by atoms with Gasteiger partial charge in [0.25, 0.3) is 0 Å². The summed E-state index contributed by atoms with van der Waals surface area (Å²) >= 11 is 6.10. The monoisotopic (exact) mass is 337 g/mol. The van der Waals surface area contributed by atoms with Gasteiger partial charge in [0.2, 0.25) is 0 Å². The van der Waals surface area contributed by atoms with Crippen LogP contribution in [-0.2, 0) is 4.74 Å². The van der Waals surface area contributed by atoms with E-state index in [0.717, 1.165) is 29.4 Å². The van der Waals surface area contributed by atoms with Crippen molar-refractivity contribution in [3.05, 3.63) is 35.0 Å². The maximum Gasteiger partial charge on any atom is 0.435 e. The molecule has 23 heavy (non-hydrogen) atoms. The second-order valence-electron chi connectivity index (χ2n) is 6.61. The van der Waals surface area contributed by atoms with Crippen molar-refractivity contribution in [3.63, 3.8) is 0 Å². The molecular formula is C16H17ClFN3O2. The Labute approximate surface area is 138 Å². The lowest BCUT2D eigenvalue weighted by Crippen LogP contribution is -2.27. The fraction of sp³-hybridized carbons (Fsp3) is 0.438. The molecule has 2 aromatic rings. The first kappa shape index (κ1) is 15.9. The van der Waals surface area contributed by atoms with E-state index >= 15 is 0 Å². The number of carbonyl (C=O) groups is 1. The third-order valence-electron chi connectivity index (χ3n) is 3.35. The zero-order chi connectivity index (χ0) is 16.8. The van der Waals surface area contributed by atoms with Crippen LogP contribution in [0.25, 0.3) is 11.3 Å². The van der Waals surface area contributed by atoms with Crippen molar-refractivity contribution < 1.29 is 13.9 Å². The third-order valence-corrected chi connectivity index (χ3v) is 3.64. The zero-order valence-corrected chi connectivity index (χ0v) is 13.9. The number of ether oxygens (including phenoxy) is 1. The highest BCUT2D eigenvalue weighted by molar-refractivity contribution is 6.33. The molecule has 3 rings (SSSR count). The number of rotatable bonds is 2. The minimum atomic E-state index is -0.616. The third kappa shape index (κ3) is 3.52. The van der Waals surface area contributed by atoms with Gasteiger partial charge in [-0.2, -0.15) is 9.78 Å². The normalized spacial score (nSPS) is 14.8. The fourth-order valence-corrected chi connectivity index (χ4v) is 2.50. The number of halogens is 2. The standard InChI is InChI=1S/C16H17ClFN3O2/c1-16(2,3)23-15(22)21-8-11(13(20-21)9-4-5-9)14-12(17)6-10(18)7-19-14/h6-9H,4-5H2,1-3H3. The molecule has 1 saturated carbocycles. The summed E-state index contributed by atoms with van der Waals surface area (Å²) in [6, 6.07) is 1.20. The Morgan fingerprint density at radius 1 is 1.43 bits per heavy atom. The molecule has 0 N–H and O–H groups in total. The Morgan fingerprint density at radius 2 is 2.13 bits per heavy atom. The lowest BCUT2D eigenvalue weighted by Gasteiger charge is -2.18. The molecule has 122 valence electrons. The van der Waals surface area contributed by atoms with Crippen LogP contribution in [0.5, 0.6) is 0 Å². The van der Waals surface area contributed by atoms with Gasteiger partial charge in [0.05, 0.1) is 22.6 Å². The van der Waals surface area contributed by atoms with E-state index in [0.29, 0.717) is 11.3 Å². The van der Waals surface area contributed by atoms with E-state index in [4.69, 9.17) is 16.3 Å². The molecule has 0 spiro atoms. The highest BCUT2D eigenvalue weighted by atomic mass is 35.5. The summed E-state index contributed by atoms with van der Waals surface area (Å²) < 4.78 is 19.7. The van der Waals surface area contributed by atoms with Gasteiger partial charge in [-0.05, 0) is 39.7 Å². The number of nitrogens with zero attached hydrogens (tertiary/aromatic N) is 3. The molecule has 1 fully saturated rings. The van der Waals surface area contributed by atoms with Crippen molar-refractivity contribution >= 4 is 17.7 Å². The van der Waals surface area contributed by atoms with Gasteiger partial charge in [-0.3, -0.25) is 4.98 Å². The molecule has 2 heterocycles. The molecule has 0 unspecified atom stereocenters. The number of hydrogen-bond acceptors (Lipinski definition) is 4. The number of carbonyl (C=O) groups excluding carboxylic acids is 1. The molecule has 7 heteroatoms. The van der Waals surface area contributed by atoms with Crippen LogP contribution in [-0.4, -0.2) is 26.5 Å². The van der Waals surface area contributed by atoms with Crippen molar-refractivity contribution in [2.75, 3.05) is 0 Å². The Kier molecular flexibility index (Phi) is 3.88. The topological polar surface area (TPSA) is 57.0 Å². The van der Waals surface area contributed by atoms with E-state index in [1.54, 1.807) is 27.0 Å². The van der Waals surface area contributed by atoms with Crippen molar-refractivity contribution in [1.82, 2.24) is 14.8 Å². The summed E-state index contributed by atoms with van der Waals surface area (Å²) in [4.78, 5) is 16.3. The molecule has 0 aliphatic heterocycles. The Hall–Kier alpha value is -1.95. The molecule has 0 radical (unpaired) electrons. The van der Waals surface area contributed by atoms with Gasteiger partial charge < -0.3 is 4.74 Å². The summed E-state index contributed by atoms with van der Waals surface area (Å²) in [5, 5.41) is 4.54. The number of aromatic nitrogens is 3. The lowest BCUT2D eigenvalue weighted by atomic mass is 10.1. The summed E-state index contributed by atoms with van der Waals surface area (Å²) in [6.45, 7) is 5.36. The zero-order valence-electron chi connectivity index (χ0n) is 13.1. The van der Waals surface area contributed by atoms with Crippen molar-refractivity contribution in [2.24, 2.45) is 0 Å². The average molecular weight is 338 g/mol. The van der Waals surface area contributed by atoms with Crippen molar-refractivity contribution in [3.8, 4) is 11.3 Å². The van der Waals surface area contributed by atoms with Gasteiger partial charge in [0.15, 0.2) is 0 Å².